The van der Waals surface area contributed by atoms with E-state index in [-0.39, 0.29) is 0 Å². The van der Waals surface area contributed by atoms with Gasteiger partial charge in [0.25, 0.3) is 0 Å². The van der Waals surface area contributed by atoms with Crippen LogP contribution in [0.15, 0.2) is 0 Å². The molecule has 0 aromatic rings. The van der Waals surface area contributed by atoms with Crippen molar-refractivity contribution in [3.05, 3.63) is 0 Å². The summed E-state index contributed by atoms with van der Waals surface area (Å²) in [7, 11) is 0. The molecule has 2 rings (SSSR count). The third-order valence-corrected chi connectivity index (χ3v) is 3.73. The first kappa shape index (κ1) is 8.52. The second-order valence-electron chi connectivity index (χ2n) is 4.50. The molecule has 2 aliphatic carbocycles. The first-order valence-electron chi connectivity index (χ1n) is 5.26. The van der Waals surface area contributed by atoms with Gasteiger partial charge in [-0.1, -0.05) is 6.92 Å². The van der Waals surface area contributed by atoms with E-state index in [1.165, 1.54) is 32.1 Å². The zero-order valence-electron chi connectivity index (χ0n) is 7.97. The molecular weight excluding hydrogens is 148 g/mol. The Morgan fingerprint density at radius 1 is 1.42 bits per heavy atom. The molecule has 0 amide bonds. The van der Waals surface area contributed by atoms with Crippen LogP contribution in [0.5, 0.6) is 0 Å². The van der Waals surface area contributed by atoms with E-state index < -0.39 is 0 Å². The third-order valence-electron chi connectivity index (χ3n) is 3.73. The summed E-state index contributed by atoms with van der Waals surface area (Å²) < 4.78 is 0. The number of nitrogens with two attached hydrogens (primary N) is 1. The molecule has 2 saturated carbocycles. The molecule has 0 radical (unpaired) electrons. The molecule has 0 heterocycles. The average Bonchev–Trinajstić information content (AvgIpc) is 2.68. The number of hydrogen-bond acceptors (Lipinski definition) is 2. The fraction of sp³-hybridized carbons (Fsp3) is 1.00. The molecule has 1 unspecified atom stereocenters. The molecule has 12 heavy (non-hydrogen) atoms. The Labute approximate surface area is 74.9 Å². The van der Waals surface area contributed by atoms with Crippen molar-refractivity contribution in [2.75, 3.05) is 6.54 Å². The summed E-state index contributed by atoms with van der Waals surface area (Å²) in [4.78, 5) is 0. The standard InChI is InChI=1S/C10H20N2/c1-2-12-8-3-5-10(6-4-8)7-9(10)11/h8-9,12H,2-7,11H2,1H3. The van der Waals surface area contributed by atoms with Crippen LogP contribution < -0.4 is 11.1 Å². The maximum Gasteiger partial charge on any atom is 0.0102 e. The molecule has 3 N–H and O–H groups in total. The summed E-state index contributed by atoms with van der Waals surface area (Å²) >= 11 is 0. The maximum atomic E-state index is 5.93. The van der Waals surface area contributed by atoms with E-state index in [2.05, 4.69) is 12.2 Å². The van der Waals surface area contributed by atoms with Crippen molar-refractivity contribution in [3.8, 4) is 0 Å². The quantitative estimate of drug-likeness (QED) is 0.651. The van der Waals surface area contributed by atoms with Gasteiger partial charge < -0.3 is 11.1 Å². The highest BCUT2D eigenvalue weighted by molar-refractivity contribution is 5.08. The smallest absolute Gasteiger partial charge is 0.0102 e. The minimum Gasteiger partial charge on any atom is -0.327 e. The third kappa shape index (κ3) is 1.38. The van der Waals surface area contributed by atoms with Crippen molar-refractivity contribution < 1.29 is 0 Å². The van der Waals surface area contributed by atoms with E-state index in [0.29, 0.717) is 11.5 Å². The van der Waals surface area contributed by atoms with E-state index >= 15 is 0 Å². The van der Waals surface area contributed by atoms with Gasteiger partial charge in [0.05, 0.1) is 0 Å². The van der Waals surface area contributed by atoms with E-state index in [0.717, 1.165) is 12.6 Å². The van der Waals surface area contributed by atoms with Crippen LogP contribution in [0.3, 0.4) is 0 Å². The lowest BCUT2D eigenvalue weighted by Crippen LogP contribution is -2.34. The summed E-state index contributed by atoms with van der Waals surface area (Å²) in [6.07, 6.45) is 6.73. The first-order chi connectivity index (χ1) is 5.77. The van der Waals surface area contributed by atoms with Gasteiger partial charge in [0.15, 0.2) is 0 Å². The van der Waals surface area contributed by atoms with E-state index in [1.54, 1.807) is 0 Å². The molecule has 1 spiro atoms. The van der Waals surface area contributed by atoms with Crippen molar-refractivity contribution in [1.29, 1.82) is 0 Å². The Hall–Kier alpha value is -0.0800. The van der Waals surface area contributed by atoms with Crippen LogP contribution in [0.2, 0.25) is 0 Å². The van der Waals surface area contributed by atoms with E-state index in [4.69, 9.17) is 5.73 Å². The molecule has 2 heteroatoms. The zero-order chi connectivity index (χ0) is 8.60. The highest BCUT2D eigenvalue weighted by Gasteiger charge is 2.52. The molecule has 2 fully saturated rings. The molecule has 0 bridgehead atoms. The van der Waals surface area contributed by atoms with Crippen LogP contribution in [-0.4, -0.2) is 18.6 Å². The zero-order valence-corrected chi connectivity index (χ0v) is 7.97. The minimum atomic E-state index is 0.542. The van der Waals surface area contributed by atoms with Crippen molar-refractivity contribution >= 4 is 0 Å². The van der Waals surface area contributed by atoms with Gasteiger partial charge in [-0.25, -0.2) is 0 Å². The van der Waals surface area contributed by atoms with Gasteiger partial charge in [-0.15, -0.1) is 0 Å². The molecule has 0 aliphatic heterocycles. The molecule has 70 valence electrons. The number of hydrogen-bond donors (Lipinski definition) is 2. The Bertz CT molecular complexity index is 159. The number of rotatable bonds is 2. The van der Waals surface area contributed by atoms with Crippen molar-refractivity contribution in [1.82, 2.24) is 5.32 Å². The van der Waals surface area contributed by atoms with Crippen LogP contribution in [0.1, 0.15) is 39.0 Å². The minimum absolute atomic E-state index is 0.542. The Balaban J connectivity index is 1.78. The first-order valence-corrected chi connectivity index (χ1v) is 5.26. The van der Waals surface area contributed by atoms with Crippen LogP contribution in [-0.2, 0) is 0 Å². The second-order valence-corrected chi connectivity index (χ2v) is 4.50. The van der Waals surface area contributed by atoms with Crippen molar-refractivity contribution in [2.45, 2.75) is 51.1 Å². The molecule has 1 atom stereocenters. The lowest BCUT2D eigenvalue weighted by molar-refractivity contribution is 0.270. The second kappa shape index (κ2) is 3.00. The van der Waals surface area contributed by atoms with Crippen molar-refractivity contribution in [2.24, 2.45) is 11.1 Å². The van der Waals surface area contributed by atoms with Gasteiger partial charge in [0, 0.05) is 12.1 Å². The molecule has 2 aliphatic rings. The largest absolute Gasteiger partial charge is 0.327 e. The van der Waals surface area contributed by atoms with Gasteiger partial charge >= 0.3 is 0 Å². The maximum absolute atomic E-state index is 5.93. The van der Waals surface area contributed by atoms with Crippen LogP contribution in [0.25, 0.3) is 0 Å². The Morgan fingerprint density at radius 3 is 2.42 bits per heavy atom. The molecule has 0 aromatic carbocycles. The van der Waals surface area contributed by atoms with Gasteiger partial charge in [0.2, 0.25) is 0 Å². The fourth-order valence-electron chi connectivity index (χ4n) is 2.64. The van der Waals surface area contributed by atoms with Crippen LogP contribution in [0.4, 0.5) is 0 Å². The Morgan fingerprint density at radius 2 is 2.00 bits per heavy atom. The predicted octanol–water partition coefficient (Wildman–Crippen LogP) is 1.26. The summed E-state index contributed by atoms with van der Waals surface area (Å²) in [6, 6.07) is 1.33. The lowest BCUT2D eigenvalue weighted by atomic mass is 9.83. The van der Waals surface area contributed by atoms with Gasteiger partial charge in [-0.3, -0.25) is 0 Å². The highest BCUT2D eigenvalue weighted by atomic mass is 14.9. The summed E-state index contributed by atoms with van der Waals surface area (Å²) in [5, 5.41) is 3.52. The SMILES string of the molecule is CCNC1CCC2(CC1)CC2N. The molecule has 2 nitrogen and oxygen atoms in total. The topological polar surface area (TPSA) is 38.0 Å². The van der Waals surface area contributed by atoms with Gasteiger partial charge in [0.1, 0.15) is 0 Å². The normalized spacial score (nSPS) is 46.5. The van der Waals surface area contributed by atoms with Crippen molar-refractivity contribution in [3.63, 3.8) is 0 Å². The molecule has 0 saturated heterocycles. The average molecular weight is 168 g/mol. The van der Waals surface area contributed by atoms with Crippen LogP contribution >= 0.6 is 0 Å². The summed E-state index contributed by atoms with van der Waals surface area (Å²) in [6.45, 7) is 3.30. The molecule has 0 aromatic heterocycles. The summed E-state index contributed by atoms with van der Waals surface area (Å²) in [5.41, 5.74) is 6.53. The lowest BCUT2D eigenvalue weighted by Gasteiger charge is -2.29. The summed E-state index contributed by atoms with van der Waals surface area (Å²) in [5.74, 6) is 0. The Kier molecular flexibility index (Phi) is 2.13. The molecular formula is C10H20N2. The van der Waals surface area contributed by atoms with Gasteiger partial charge in [-0.2, -0.15) is 0 Å². The predicted molar refractivity (Wildman–Crippen MR) is 51.0 cm³/mol. The monoisotopic (exact) mass is 168 g/mol. The number of nitrogens with one attached hydrogen (secondary N) is 1. The van der Waals surface area contributed by atoms with E-state index in [1.807, 2.05) is 0 Å². The van der Waals surface area contributed by atoms with E-state index in [9.17, 15) is 0 Å². The fourth-order valence-corrected chi connectivity index (χ4v) is 2.64. The highest BCUT2D eigenvalue weighted by Crippen LogP contribution is 2.54. The van der Waals surface area contributed by atoms with Crippen LogP contribution in [0, 0.1) is 5.41 Å². The van der Waals surface area contributed by atoms with Gasteiger partial charge in [-0.05, 0) is 44.1 Å².